The van der Waals surface area contributed by atoms with Crippen molar-refractivity contribution in [2.75, 3.05) is 6.61 Å². The monoisotopic (exact) mass is 288 g/mol. The molecular formula is C16H16O3S. The molecule has 0 aliphatic carbocycles. The van der Waals surface area contributed by atoms with Gasteiger partial charge in [0.1, 0.15) is 4.75 Å². The highest BCUT2D eigenvalue weighted by molar-refractivity contribution is 7.92. The van der Waals surface area contributed by atoms with E-state index in [1.807, 2.05) is 0 Å². The Bertz CT molecular complexity index is 678. The van der Waals surface area contributed by atoms with Crippen LogP contribution in [0.25, 0.3) is 0 Å². The van der Waals surface area contributed by atoms with Crippen LogP contribution in [-0.2, 0) is 14.6 Å². The fourth-order valence-corrected chi connectivity index (χ4v) is 3.93. The van der Waals surface area contributed by atoms with E-state index in [2.05, 4.69) is 6.58 Å². The van der Waals surface area contributed by atoms with E-state index in [-0.39, 0.29) is 4.90 Å². The number of aliphatic hydroxyl groups excluding tert-OH is 1. The molecule has 0 unspecified atom stereocenters. The zero-order valence-corrected chi connectivity index (χ0v) is 11.8. The van der Waals surface area contributed by atoms with Crippen molar-refractivity contribution in [1.82, 2.24) is 0 Å². The fraction of sp³-hybridized carbons (Fsp3) is 0.125. The number of hydrogen-bond donors (Lipinski definition) is 1. The Morgan fingerprint density at radius 1 is 1.00 bits per heavy atom. The lowest BCUT2D eigenvalue weighted by Crippen LogP contribution is -2.37. The largest absolute Gasteiger partial charge is 0.394 e. The average Bonchev–Trinajstić information content (AvgIpc) is 2.51. The molecule has 0 aromatic heterocycles. The predicted molar refractivity (Wildman–Crippen MR) is 79.0 cm³/mol. The summed E-state index contributed by atoms with van der Waals surface area (Å²) in [7, 11) is -3.78. The molecule has 0 radical (unpaired) electrons. The van der Waals surface area contributed by atoms with Gasteiger partial charge in [-0.1, -0.05) is 54.6 Å². The Morgan fingerprint density at radius 3 is 1.95 bits per heavy atom. The summed E-state index contributed by atoms with van der Waals surface area (Å²) in [6, 6.07) is 16.7. The third kappa shape index (κ3) is 2.17. The van der Waals surface area contributed by atoms with E-state index in [9.17, 15) is 13.5 Å². The second-order valence-corrected chi connectivity index (χ2v) is 6.64. The second kappa shape index (κ2) is 5.61. The summed E-state index contributed by atoms with van der Waals surface area (Å²) in [6.45, 7) is 3.08. The number of hydrogen-bond acceptors (Lipinski definition) is 3. The third-order valence-electron chi connectivity index (χ3n) is 3.36. The zero-order chi connectivity index (χ0) is 14.6. The van der Waals surface area contributed by atoms with E-state index in [0.29, 0.717) is 5.56 Å². The minimum atomic E-state index is -3.78. The molecule has 104 valence electrons. The Hall–Kier alpha value is -1.91. The number of sulfone groups is 1. The van der Waals surface area contributed by atoms with Crippen molar-refractivity contribution < 1.29 is 13.5 Å². The van der Waals surface area contributed by atoms with Crippen LogP contribution < -0.4 is 0 Å². The van der Waals surface area contributed by atoms with Crippen LogP contribution in [0.2, 0.25) is 0 Å². The van der Waals surface area contributed by atoms with E-state index < -0.39 is 21.2 Å². The van der Waals surface area contributed by atoms with Crippen LogP contribution in [0.1, 0.15) is 5.56 Å². The molecule has 4 heteroatoms. The fourth-order valence-electron chi connectivity index (χ4n) is 2.15. The van der Waals surface area contributed by atoms with Gasteiger partial charge in [-0.2, -0.15) is 0 Å². The van der Waals surface area contributed by atoms with Gasteiger partial charge in [-0.15, -0.1) is 6.58 Å². The first-order valence-corrected chi connectivity index (χ1v) is 7.66. The third-order valence-corrected chi connectivity index (χ3v) is 5.74. The molecule has 3 nitrogen and oxygen atoms in total. The minimum absolute atomic E-state index is 0.165. The van der Waals surface area contributed by atoms with Crippen LogP contribution in [0.15, 0.2) is 78.2 Å². The van der Waals surface area contributed by atoms with Crippen LogP contribution in [-0.4, -0.2) is 20.1 Å². The van der Waals surface area contributed by atoms with Crippen LogP contribution in [0, 0.1) is 0 Å². The standard InChI is InChI=1S/C16H16O3S/c1-2-16(13-17,14-9-5-3-6-10-14)20(18,19)15-11-7-4-8-12-15/h2-12,17H,1,13H2/t16-/m0/s1. The molecule has 0 aliphatic rings. The summed E-state index contributed by atoms with van der Waals surface area (Å²) in [4.78, 5) is 0.165. The van der Waals surface area contributed by atoms with Gasteiger partial charge in [-0.25, -0.2) is 8.42 Å². The van der Waals surface area contributed by atoms with Gasteiger partial charge in [-0.05, 0) is 17.7 Å². The zero-order valence-electron chi connectivity index (χ0n) is 10.9. The van der Waals surface area contributed by atoms with Crippen molar-refractivity contribution in [3.8, 4) is 0 Å². The van der Waals surface area contributed by atoms with Gasteiger partial charge < -0.3 is 5.11 Å². The molecule has 20 heavy (non-hydrogen) atoms. The quantitative estimate of drug-likeness (QED) is 0.860. The first-order chi connectivity index (χ1) is 9.58. The van der Waals surface area contributed by atoms with Crippen molar-refractivity contribution in [2.45, 2.75) is 9.64 Å². The van der Waals surface area contributed by atoms with E-state index in [0.717, 1.165) is 0 Å². The SMILES string of the molecule is C=C[C@](CO)(c1ccccc1)S(=O)(=O)c1ccccc1. The highest BCUT2D eigenvalue weighted by atomic mass is 32.2. The van der Waals surface area contributed by atoms with Crippen molar-refractivity contribution in [2.24, 2.45) is 0 Å². The van der Waals surface area contributed by atoms with Crippen LogP contribution in [0.4, 0.5) is 0 Å². The molecule has 0 aliphatic heterocycles. The maximum atomic E-state index is 12.9. The van der Waals surface area contributed by atoms with E-state index in [1.165, 1.54) is 18.2 Å². The van der Waals surface area contributed by atoms with Gasteiger partial charge in [-0.3, -0.25) is 0 Å². The summed E-state index contributed by atoms with van der Waals surface area (Å²) >= 11 is 0. The molecule has 0 saturated heterocycles. The maximum Gasteiger partial charge on any atom is 0.194 e. The van der Waals surface area contributed by atoms with Crippen molar-refractivity contribution >= 4 is 9.84 Å². The Kier molecular flexibility index (Phi) is 4.06. The van der Waals surface area contributed by atoms with Crippen molar-refractivity contribution in [3.05, 3.63) is 78.9 Å². The first-order valence-electron chi connectivity index (χ1n) is 6.18. The first kappa shape index (κ1) is 14.5. The molecule has 2 aromatic rings. The van der Waals surface area contributed by atoms with Gasteiger partial charge in [0.2, 0.25) is 0 Å². The molecule has 1 N–H and O–H groups in total. The van der Waals surface area contributed by atoms with Gasteiger partial charge in [0.05, 0.1) is 11.5 Å². The van der Waals surface area contributed by atoms with Crippen LogP contribution in [0.5, 0.6) is 0 Å². The number of rotatable bonds is 5. The van der Waals surface area contributed by atoms with Crippen LogP contribution in [0.3, 0.4) is 0 Å². The lowest BCUT2D eigenvalue weighted by atomic mass is 9.99. The maximum absolute atomic E-state index is 12.9. The Balaban J connectivity index is 2.69. The lowest BCUT2D eigenvalue weighted by Gasteiger charge is -2.28. The summed E-state index contributed by atoms with van der Waals surface area (Å²) in [5.41, 5.74) is 0.501. The predicted octanol–water partition coefficient (Wildman–Crippen LogP) is 2.53. The molecule has 0 bridgehead atoms. The van der Waals surface area contributed by atoms with Crippen molar-refractivity contribution in [1.29, 1.82) is 0 Å². The molecule has 0 saturated carbocycles. The summed E-state index contributed by atoms with van der Waals surface area (Å²) in [5, 5.41) is 9.78. The number of benzene rings is 2. The van der Waals surface area contributed by atoms with E-state index in [1.54, 1.807) is 48.5 Å². The average molecular weight is 288 g/mol. The topological polar surface area (TPSA) is 54.4 Å². The molecule has 0 fully saturated rings. The van der Waals surface area contributed by atoms with Gasteiger partial charge >= 0.3 is 0 Å². The Labute approximate surface area is 119 Å². The minimum Gasteiger partial charge on any atom is -0.394 e. The lowest BCUT2D eigenvalue weighted by molar-refractivity contribution is 0.264. The molecule has 0 amide bonds. The van der Waals surface area contributed by atoms with E-state index >= 15 is 0 Å². The Morgan fingerprint density at radius 2 is 1.50 bits per heavy atom. The van der Waals surface area contributed by atoms with E-state index in [4.69, 9.17) is 0 Å². The number of aliphatic hydroxyl groups is 1. The molecule has 0 heterocycles. The van der Waals surface area contributed by atoms with Crippen LogP contribution >= 0.6 is 0 Å². The summed E-state index contributed by atoms with van der Waals surface area (Å²) < 4.78 is 24.2. The molecule has 1 atom stereocenters. The summed E-state index contributed by atoms with van der Waals surface area (Å²) in [6.07, 6.45) is 1.30. The highest BCUT2D eigenvalue weighted by Gasteiger charge is 2.43. The van der Waals surface area contributed by atoms with Gasteiger partial charge in [0, 0.05) is 0 Å². The molecular weight excluding hydrogens is 272 g/mol. The second-order valence-electron chi connectivity index (χ2n) is 4.43. The summed E-state index contributed by atoms with van der Waals surface area (Å²) in [5.74, 6) is 0. The molecule has 2 rings (SSSR count). The normalized spacial score (nSPS) is 14.4. The highest BCUT2D eigenvalue weighted by Crippen LogP contribution is 2.36. The van der Waals surface area contributed by atoms with Gasteiger partial charge in [0.15, 0.2) is 9.84 Å². The smallest absolute Gasteiger partial charge is 0.194 e. The molecule has 0 spiro atoms. The van der Waals surface area contributed by atoms with Gasteiger partial charge in [0.25, 0.3) is 0 Å². The molecule has 2 aromatic carbocycles. The van der Waals surface area contributed by atoms with Crippen molar-refractivity contribution in [3.63, 3.8) is 0 Å².